The molecule has 1 unspecified atom stereocenters. The Morgan fingerprint density at radius 2 is 2.53 bits per heavy atom. The van der Waals surface area contributed by atoms with Gasteiger partial charge in [0.15, 0.2) is 0 Å². The summed E-state index contributed by atoms with van der Waals surface area (Å²) in [5.41, 5.74) is 0.702. The van der Waals surface area contributed by atoms with Gasteiger partial charge in [-0.2, -0.15) is 11.8 Å². The van der Waals surface area contributed by atoms with Crippen LogP contribution in [0.4, 0.5) is 0 Å². The summed E-state index contributed by atoms with van der Waals surface area (Å²) in [5, 5.41) is 11.6. The summed E-state index contributed by atoms with van der Waals surface area (Å²) < 4.78 is 0. The van der Waals surface area contributed by atoms with Crippen LogP contribution in [0.25, 0.3) is 0 Å². The Morgan fingerprint density at radius 3 is 3.20 bits per heavy atom. The molecule has 0 spiro atoms. The lowest BCUT2D eigenvalue weighted by Crippen LogP contribution is -2.03. The third-order valence-corrected chi connectivity index (χ3v) is 4.57. The fourth-order valence-corrected chi connectivity index (χ4v) is 3.86. The highest BCUT2D eigenvalue weighted by Crippen LogP contribution is 2.27. The maximum Gasteiger partial charge on any atom is 0.309 e. The van der Waals surface area contributed by atoms with Crippen LogP contribution in [-0.4, -0.2) is 27.6 Å². The first kappa shape index (κ1) is 11.0. The minimum absolute atomic E-state index is 0.0515. The molecule has 0 saturated carbocycles. The van der Waals surface area contributed by atoms with Crippen molar-refractivity contribution >= 4 is 29.1 Å². The zero-order valence-corrected chi connectivity index (χ0v) is 9.94. The van der Waals surface area contributed by atoms with Gasteiger partial charge in [-0.15, -0.1) is 11.3 Å². The molecule has 82 valence electrons. The molecule has 1 atom stereocenters. The summed E-state index contributed by atoms with van der Waals surface area (Å²) in [7, 11) is 0. The lowest BCUT2D eigenvalue weighted by Gasteiger charge is -2.03. The number of hydrogen-bond acceptors (Lipinski definition) is 4. The number of carboxylic acid groups (broad SMARTS) is 1. The van der Waals surface area contributed by atoms with E-state index in [0.717, 1.165) is 17.3 Å². The van der Waals surface area contributed by atoms with Crippen molar-refractivity contribution in [2.45, 2.75) is 19.3 Å². The van der Waals surface area contributed by atoms with Gasteiger partial charge in [-0.25, -0.2) is 4.98 Å². The second-order valence-corrected chi connectivity index (χ2v) is 5.83. The highest BCUT2D eigenvalue weighted by atomic mass is 32.2. The minimum Gasteiger partial charge on any atom is -0.481 e. The minimum atomic E-state index is -0.803. The van der Waals surface area contributed by atoms with Crippen LogP contribution in [0.15, 0.2) is 5.38 Å². The van der Waals surface area contributed by atoms with Crippen LogP contribution in [0.2, 0.25) is 0 Å². The van der Waals surface area contributed by atoms with E-state index < -0.39 is 5.97 Å². The summed E-state index contributed by atoms with van der Waals surface area (Å²) >= 11 is 3.60. The number of aliphatic carboxylic acids is 1. The van der Waals surface area contributed by atoms with Crippen LogP contribution in [0.3, 0.4) is 0 Å². The largest absolute Gasteiger partial charge is 0.481 e. The molecule has 1 aromatic heterocycles. The van der Waals surface area contributed by atoms with Gasteiger partial charge >= 0.3 is 5.97 Å². The average Bonchev–Trinajstić information content (AvgIpc) is 2.77. The SMILES string of the molecule is O=C(O)Cc1csc(CC2CCSC2)n1. The first-order valence-electron chi connectivity index (χ1n) is 4.97. The van der Waals surface area contributed by atoms with Crippen molar-refractivity contribution in [1.82, 2.24) is 4.98 Å². The molecule has 0 aromatic carbocycles. The number of nitrogens with zero attached hydrogens (tertiary/aromatic N) is 1. The lowest BCUT2D eigenvalue weighted by molar-refractivity contribution is -0.136. The molecule has 3 nitrogen and oxygen atoms in total. The van der Waals surface area contributed by atoms with E-state index in [-0.39, 0.29) is 6.42 Å². The van der Waals surface area contributed by atoms with Gasteiger partial charge in [0.05, 0.1) is 17.1 Å². The van der Waals surface area contributed by atoms with Crippen LogP contribution in [-0.2, 0) is 17.6 Å². The van der Waals surface area contributed by atoms with Crippen molar-refractivity contribution < 1.29 is 9.90 Å². The van der Waals surface area contributed by atoms with Crippen LogP contribution < -0.4 is 0 Å². The normalized spacial score (nSPS) is 20.7. The van der Waals surface area contributed by atoms with Crippen LogP contribution in [0.1, 0.15) is 17.1 Å². The number of aromatic nitrogens is 1. The lowest BCUT2D eigenvalue weighted by atomic mass is 10.1. The van der Waals surface area contributed by atoms with Gasteiger partial charge in [0.2, 0.25) is 0 Å². The monoisotopic (exact) mass is 243 g/mol. The number of thiazole rings is 1. The van der Waals surface area contributed by atoms with Gasteiger partial charge in [0.25, 0.3) is 0 Å². The Morgan fingerprint density at radius 1 is 1.67 bits per heavy atom. The van der Waals surface area contributed by atoms with Gasteiger partial charge in [-0.05, 0) is 23.8 Å². The number of hydrogen-bond donors (Lipinski definition) is 1. The van der Waals surface area contributed by atoms with E-state index in [1.54, 1.807) is 11.3 Å². The predicted molar refractivity (Wildman–Crippen MR) is 62.6 cm³/mol. The summed E-state index contributed by atoms with van der Waals surface area (Å²) in [6.07, 6.45) is 2.35. The van der Waals surface area contributed by atoms with E-state index in [9.17, 15) is 4.79 Å². The molecule has 2 rings (SSSR count). The van der Waals surface area contributed by atoms with Gasteiger partial charge in [0.1, 0.15) is 0 Å². The number of rotatable bonds is 4. The zero-order chi connectivity index (χ0) is 10.7. The van der Waals surface area contributed by atoms with Crippen molar-refractivity contribution in [2.75, 3.05) is 11.5 Å². The van der Waals surface area contributed by atoms with Crippen molar-refractivity contribution in [1.29, 1.82) is 0 Å². The molecule has 1 aromatic rings. The highest BCUT2D eigenvalue weighted by molar-refractivity contribution is 7.99. The Labute approximate surface area is 96.9 Å². The standard InChI is InChI=1S/C10H13NO2S2/c12-10(13)4-8-6-15-9(11-8)3-7-1-2-14-5-7/h6-7H,1-5H2,(H,12,13). The van der Waals surface area contributed by atoms with E-state index in [1.807, 2.05) is 17.1 Å². The molecule has 1 aliphatic rings. The Kier molecular flexibility index (Phi) is 3.64. The molecule has 15 heavy (non-hydrogen) atoms. The van der Waals surface area contributed by atoms with E-state index in [1.165, 1.54) is 17.9 Å². The van der Waals surface area contributed by atoms with E-state index in [0.29, 0.717) is 5.69 Å². The van der Waals surface area contributed by atoms with E-state index >= 15 is 0 Å². The van der Waals surface area contributed by atoms with Gasteiger partial charge in [-0.1, -0.05) is 0 Å². The van der Waals surface area contributed by atoms with E-state index in [2.05, 4.69) is 4.98 Å². The van der Waals surface area contributed by atoms with Crippen molar-refractivity contribution in [3.8, 4) is 0 Å². The fraction of sp³-hybridized carbons (Fsp3) is 0.600. The molecule has 0 radical (unpaired) electrons. The molecule has 2 heterocycles. The molecular formula is C10H13NO2S2. The summed E-state index contributed by atoms with van der Waals surface area (Å²) in [6, 6.07) is 0. The predicted octanol–water partition coefficient (Wildman–Crippen LogP) is 2.07. The molecule has 0 aliphatic carbocycles. The molecule has 1 aliphatic heterocycles. The quantitative estimate of drug-likeness (QED) is 0.879. The Balaban J connectivity index is 1.91. The molecule has 5 heteroatoms. The summed E-state index contributed by atoms with van der Waals surface area (Å²) in [4.78, 5) is 14.8. The van der Waals surface area contributed by atoms with Crippen LogP contribution in [0, 0.1) is 5.92 Å². The number of thioether (sulfide) groups is 1. The molecule has 0 bridgehead atoms. The second-order valence-electron chi connectivity index (χ2n) is 3.74. The zero-order valence-electron chi connectivity index (χ0n) is 8.31. The summed E-state index contributed by atoms with van der Waals surface area (Å²) in [6.45, 7) is 0. The first-order valence-corrected chi connectivity index (χ1v) is 7.00. The van der Waals surface area contributed by atoms with Crippen LogP contribution in [0.5, 0.6) is 0 Å². The smallest absolute Gasteiger partial charge is 0.309 e. The summed E-state index contributed by atoms with van der Waals surface area (Å²) in [5.74, 6) is 2.44. The molecule has 0 amide bonds. The molecule has 1 fully saturated rings. The Hall–Kier alpha value is -0.550. The van der Waals surface area contributed by atoms with Gasteiger partial charge in [0, 0.05) is 11.8 Å². The van der Waals surface area contributed by atoms with Crippen molar-refractivity contribution in [3.05, 3.63) is 16.1 Å². The fourth-order valence-electron chi connectivity index (χ4n) is 1.67. The average molecular weight is 243 g/mol. The molecular weight excluding hydrogens is 230 g/mol. The maximum atomic E-state index is 10.5. The first-order chi connectivity index (χ1) is 7.24. The maximum absolute atomic E-state index is 10.5. The third kappa shape index (κ3) is 3.21. The van der Waals surface area contributed by atoms with E-state index in [4.69, 9.17) is 5.11 Å². The van der Waals surface area contributed by atoms with Gasteiger partial charge in [-0.3, -0.25) is 4.79 Å². The highest BCUT2D eigenvalue weighted by Gasteiger charge is 2.17. The van der Waals surface area contributed by atoms with Crippen molar-refractivity contribution in [3.63, 3.8) is 0 Å². The molecule has 1 saturated heterocycles. The molecule has 1 N–H and O–H groups in total. The third-order valence-electron chi connectivity index (χ3n) is 2.42. The topological polar surface area (TPSA) is 50.2 Å². The second kappa shape index (κ2) is 4.99. The van der Waals surface area contributed by atoms with Crippen molar-refractivity contribution in [2.24, 2.45) is 5.92 Å². The van der Waals surface area contributed by atoms with Crippen LogP contribution >= 0.6 is 23.1 Å². The van der Waals surface area contributed by atoms with Gasteiger partial charge < -0.3 is 5.11 Å². The number of carbonyl (C=O) groups is 1. The number of carboxylic acids is 1. The Bertz CT molecular complexity index is 345.